The molecule has 0 saturated carbocycles. The van der Waals surface area contributed by atoms with Crippen molar-refractivity contribution in [2.75, 3.05) is 7.11 Å². The standard InChI is InChI=1S/C14H13O2/c1-16-14-9-5-3-7-12(14)10-11-6-2-4-8-13(11)15/h2-4,6-9,15H,10H2,1H3. The number of hydrogen-bond donors (Lipinski definition) is 1. The summed E-state index contributed by atoms with van der Waals surface area (Å²) in [6.45, 7) is 0. The molecule has 0 saturated heterocycles. The van der Waals surface area contributed by atoms with Gasteiger partial charge in [0.1, 0.15) is 11.5 Å². The van der Waals surface area contributed by atoms with Gasteiger partial charge in [-0.3, -0.25) is 0 Å². The Bertz CT molecular complexity index is 478. The van der Waals surface area contributed by atoms with Crippen molar-refractivity contribution in [3.8, 4) is 11.5 Å². The average Bonchev–Trinajstić information content (AvgIpc) is 2.33. The second-order valence-corrected chi connectivity index (χ2v) is 3.54. The molecule has 0 fully saturated rings. The summed E-state index contributed by atoms with van der Waals surface area (Å²) in [5, 5.41) is 9.69. The lowest BCUT2D eigenvalue weighted by Crippen LogP contribution is -1.93. The zero-order valence-electron chi connectivity index (χ0n) is 9.10. The Labute approximate surface area is 95.1 Å². The first-order valence-electron chi connectivity index (χ1n) is 5.11. The fraction of sp³-hybridized carbons (Fsp3) is 0.143. The number of benzene rings is 2. The molecule has 0 unspecified atom stereocenters. The number of para-hydroxylation sites is 1. The molecule has 0 bridgehead atoms. The van der Waals surface area contributed by atoms with Crippen LogP contribution in [0.1, 0.15) is 11.1 Å². The summed E-state index contributed by atoms with van der Waals surface area (Å²) in [4.78, 5) is 0. The van der Waals surface area contributed by atoms with Crippen molar-refractivity contribution in [1.82, 2.24) is 0 Å². The Morgan fingerprint density at radius 3 is 2.75 bits per heavy atom. The van der Waals surface area contributed by atoms with Crippen molar-refractivity contribution in [3.05, 3.63) is 59.7 Å². The highest BCUT2D eigenvalue weighted by molar-refractivity contribution is 5.41. The maximum atomic E-state index is 9.69. The van der Waals surface area contributed by atoms with E-state index in [2.05, 4.69) is 6.07 Å². The van der Waals surface area contributed by atoms with Crippen LogP contribution < -0.4 is 4.74 Å². The predicted octanol–water partition coefficient (Wildman–Crippen LogP) is 2.79. The first-order chi connectivity index (χ1) is 7.81. The zero-order chi connectivity index (χ0) is 11.4. The molecule has 2 nitrogen and oxygen atoms in total. The lowest BCUT2D eigenvalue weighted by atomic mass is 10.0. The Balaban J connectivity index is 2.30. The largest absolute Gasteiger partial charge is 0.508 e. The van der Waals surface area contributed by atoms with E-state index < -0.39 is 0 Å². The van der Waals surface area contributed by atoms with Gasteiger partial charge in [0, 0.05) is 6.42 Å². The van der Waals surface area contributed by atoms with E-state index in [-0.39, 0.29) is 0 Å². The van der Waals surface area contributed by atoms with Crippen LogP contribution in [0.5, 0.6) is 11.5 Å². The summed E-state index contributed by atoms with van der Waals surface area (Å²) >= 11 is 0. The molecule has 0 amide bonds. The highest BCUT2D eigenvalue weighted by atomic mass is 16.5. The summed E-state index contributed by atoms with van der Waals surface area (Å²) < 4.78 is 5.24. The molecular weight excluding hydrogens is 200 g/mol. The first-order valence-corrected chi connectivity index (χ1v) is 5.11. The first kappa shape index (κ1) is 10.6. The minimum Gasteiger partial charge on any atom is -0.508 e. The topological polar surface area (TPSA) is 29.5 Å². The van der Waals surface area contributed by atoms with Crippen molar-refractivity contribution in [2.45, 2.75) is 6.42 Å². The Hall–Kier alpha value is -1.96. The van der Waals surface area contributed by atoms with Gasteiger partial charge < -0.3 is 9.84 Å². The minimum absolute atomic E-state index is 0.317. The molecule has 2 heteroatoms. The van der Waals surface area contributed by atoms with Gasteiger partial charge in [-0.25, -0.2) is 0 Å². The van der Waals surface area contributed by atoms with E-state index in [0.717, 1.165) is 16.9 Å². The maximum absolute atomic E-state index is 9.69. The molecule has 2 rings (SSSR count). The average molecular weight is 213 g/mol. The van der Waals surface area contributed by atoms with Crippen LogP contribution in [0.25, 0.3) is 0 Å². The lowest BCUT2D eigenvalue weighted by molar-refractivity contribution is 0.410. The van der Waals surface area contributed by atoms with Gasteiger partial charge in [0.2, 0.25) is 0 Å². The van der Waals surface area contributed by atoms with Crippen LogP contribution in [0.15, 0.2) is 42.5 Å². The van der Waals surface area contributed by atoms with Crippen molar-refractivity contribution < 1.29 is 9.84 Å². The highest BCUT2D eigenvalue weighted by Gasteiger charge is 2.05. The number of hydrogen-bond acceptors (Lipinski definition) is 2. The molecule has 81 valence electrons. The molecule has 0 atom stereocenters. The van der Waals surface area contributed by atoms with Crippen LogP contribution in [-0.4, -0.2) is 12.2 Å². The maximum Gasteiger partial charge on any atom is 0.123 e. The SMILES string of the molecule is COc1c[c]ccc1Cc1ccccc1O. The predicted molar refractivity (Wildman–Crippen MR) is 62.7 cm³/mol. The quantitative estimate of drug-likeness (QED) is 0.849. The van der Waals surface area contributed by atoms with Crippen LogP contribution >= 0.6 is 0 Å². The Morgan fingerprint density at radius 2 is 2.00 bits per heavy atom. The van der Waals surface area contributed by atoms with Crippen LogP contribution in [-0.2, 0) is 6.42 Å². The summed E-state index contributed by atoms with van der Waals surface area (Å²) in [5.41, 5.74) is 1.94. The van der Waals surface area contributed by atoms with Gasteiger partial charge in [-0.1, -0.05) is 30.3 Å². The number of phenolic OH excluding ortho intramolecular Hbond substituents is 1. The third-order valence-corrected chi connectivity index (χ3v) is 2.50. The Morgan fingerprint density at radius 1 is 1.19 bits per heavy atom. The van der Waals surface area contributed by atoms with Crippen LogP contribution in [0, 0.1) is 6.07 Å². The highest BCUT2D eigenvalue weighted by Crippen LogP contribution is 2.24. The van der Waals surface area contributed by atoms with Gasteiger partial charge in [-0.2, -0.15) is 0 Å². The monoisotopic (exact) mass is 213 g/mol. The number of rotatable bonds is 3. The van der Waals surface area contributed by atoms with Gasteiger partial charge in [0.25, 0.3) is 0 Å². The van der Waals surface area contributed by atoms with E-state index >= 15 is 0 Å². The van der Waals surface area contributed by atoms with Crippen LogP contribution in [0.3, 0.4) is 0 Å². The summed E-state index contributed by atoms with van der Waals surface area (Å²) in [5.74, 6) is 1.11. The third kappa shape index (κ3) is 2.16. The summed E-state index contributed by atoms with van der Waals surface area (Å²) in [7, 11) is 1.64. The number of ether oxygens (including phenoxy) is 1. The van der Waals surface area contributed by atoms with Crippen molar-refractivity contribution in [3.63, 3.8) is 0 Å². The normalized spacial score (nSPS) is 10.1. The molecule has 16 heavy (non-hydrogen) atoms. The summed E-state index contributed by atoms with van der Waals surface area (Å²) in [6.07, 6.45) is 0.657. The number of aromatic hydroxyl groups is 1. The molecule has 0 aromatic heterocycles. The molecule has 1 N–H and O–H groups in total. The molecule has 2 aromatic carbocycles. The number of methoxy groups -OCH3 is 1. The number of phenols is 1. The molecule has 0 aliphatic carbocycles. The van der Waals surface area contributed by atoms with E-state index in [1.807, 2.05) is 30.3 Å². The van der Waals surface area contributed by atoms with E-state index in [1.165, 1.54) is 0 Å². The zero-order valence-corrected chi connectivity index (χ0v) is 9.10. The van der Waals surface area contributed by atoms with E-state index in [0.29, 0.717) is 12.2 Å². The van der Waals surface area contributed by atoms with E-state index in [4.69, 9.17) is 4.74 Å². The van der Waals surface area contributed by atoms with Crippen molar-refractivity contribution in [2.24, 2.45) is 0 Å². The van der Waals surface area contributed by atoms with Crippen LogP contribution in [0.2, 0.25) is 0 Å². The van der Waals surface area contributed by atoms with Gasteiger partial charge in [-0.05, 0) is 29.3 Å². The molecule has 0 aliphatic rings. The van der Waals surface area contributed by atoms with E-state index in [9.17, 15) is 5.11 Å². The van der Waals surface area contributed by atoms with Crippen molar-refractivity contribution >= 4 is 0 Å². The van der Waals surface area contributed by atoms with Crippen molar-refractivity contribution in [1.29, 1.82) is 0 Å². The van der Waals surface area contributed by atoms with Crippen LogP contribution in [0.4, 0.5) is 0 Å². The Kier molecular flexibility index (Phi) is 3.10. The minimum atomic E-state index is 0.317. The molecule has 0 spiro atoms. The second kappa shape index (κ2) is 4.71. The molecule has 1 radical (unpaired) electrons. The lowest BCUT2D eigenvalue weighted by Gasteiger charge is -2.08. The third-order valence-electron chi connectivity index (χ3n) is 2.50. The van der Waals surface area contributed by atoms with E-state index in [1.54, 1.807) is 19.2 Å². The van der Waals surface area contributed by atoms with Gasteiger partial charge in [-0.15, -0.1) is 0 Å². The second-order valence-electron chi connectivity index (χ2n) is 3.54. The molecule has 0 heterocycles. The molecular formula is C14H13O2. The molecule has 2 aromatic rings. The van der Waals surface area contributed by atoms with Gasteiger partial charge in [0.15, 0.2) is 0 Å². The smallest absolute Gasteiger partial charge is 0.123 e. The fourth-order valence-electron chi connectivity index (χ4n) is 1.65. The van der Waals surface area contributed by atoms with Gasteiger partial charge in [0.05, 0.1) is 7.11 Å². The summed E-state index contributed by atoms with van der Waals surface area (Å²) in [6, 6.07) is 15.9. The fourth-order valence-corrected chi connectivity index (χ4v) is 1.65. The van der Waals surface area contributed by atoms with Gasteiger partial charge >= 0.3 is 0 Å². The molecule has 0 aliphatic heterocycles.